The number of allylic oxidation sites excluding steroid dienone is 2. The summed E-state index contributed by atoms with van der Waals surface area (Å²) in [6.07, 6.45) is 3.83. The monoisotopic (exact) mass is 154 g/mol. The zero-order valence-electron chi connectivity index (χ0n) is 7.00. The molecule has 0 aliphatic heterocycles. The van der Waals surface area contributed by atoms with Crippen molar-refractivity contribution < 1.29 is 9.90 Å². The lowest BCUT2D eigenvalue weighted by atomic mass is 10.0. The van der Waals surface area contributed by atoms with Crippen LogP contribution in [0.25, 0.3) is 0 Å². The number of carbonyl (C=O) groups is 1. The molecule has 0 saturated heterocycles. The van der Waals surface area contributed by atoms with Gasteiger partial charge in [0, 0.05) is 6.08 Å². The van der Waals surface area contributed by atoms with Crippen LogP contribution in [0.1, 0.15) is 20.3 Å². The standard InChI is InChI=1S/C9H14O2/c1-4-7(2)5-8(3)6-9(10)11/h4,6-7H,1,5H2,2-3H3,(H,10,11)/b8-6+. The van der Waals surface area contributed by atoms with Crippen LogP contribution in [-0.4, -0.2) is 11.1 Å². The molecule has 11 heavy (non-hydrogen) atoms. The Morgan fingerprint density at radius 3 is 2.64 bits per heavy atom. The summed E-state index contributed by atoms with van der Waals surface area (Å²) in [5.41, 5.74) is 0.880. The average molecular weight is 154 g/mol. The molecule has 0 bridgehead atoms. The zero-order valence-corrected chi connectivity index (χ0v) is 7.00. The second kappa shape index (κ2) is 4.72. The fourth-order valence-electron chi connectivity index (χ4n) is 0.861. The molecule has 62 valence electrons. The molecule has 0 heterocycles. The highest BCUT2D eigenvalue weighted by molar-refractivity contribution is 5.80. The van der Waals surface area contributed by atoms with Crippen LogP contribution in [0.3, 0.4) is 0 Å². The minimum absolute atomic E-state index is 0.352. The third-order valence-electron chi connectivity index (χ3n) is 1.42. The third-order valence-corrected chi connectivity index (χ3v) is 1.42. The third kappa shape index (κ3) is 5.40. The Balaban J connectivity index is 3.95. The van der Waals surface area contributed by atoms with Crippen molar-refractivity contribution in [3.63, 3.8) is 0 Å². The molecule has 1 unspecified atom stereocenters. The predicted molar refractivity (Wildman–Crippen MR) is 45.4 cm³/mol. The molecule has 0 aliphatic rings. The minimum Gasteiger partial charge on any atom is -0.478 e. The maximum atomic E-state index is 10.2. The van der Waals surface area contributed by atoms with Crippen molar-refractivity contribution in [3.05, 3.63) is 24.3 Å². The fourth-order valence-corrected chi connectivity index (χ4v) is 0.861. The van der Waals surface area contributed by atoms with Crippen LogP contribution in [-0.2, 0) is 4.79 Å². The van der Waals surface area contributed by atoms with Crippen molar-refractivity contribution in [2.24, 2.45) is 5.92 Å². The van der Waals surface area contributed by atoms with Crippen LogP contribution in [0.4, 0.5) is 0 Å². The van der Waals surface area contributed by atoms with Crippen LogP contribution in [0.2, 0.25) is 0 Å². The van der Waals surface area contributed by atoms with Gasteiger partial charge in [-0.3, -0.25) is 0 Å². The number of carboxylic acids is 1. The first-order valence-corrected chi connectivity index (χ1v) is 3.59. The number of hydrogen-bond donors (Lipinski definition) is 1. The maximum absolute atomic E-state index is 10.2. The Bertz CT molecular complexity index is 180. The molecule has 0 aromatic rings. The van der Waals surface area contributed by atoms with Crippen LogP contribution in [0, 0.1) is 5.92 Å². The summed E-state index contributed by atoms with van der Waals surface area (Å²) in [6, 6.07) is 0. The SMILES string of the molecule is C=CC(C)C/C(C)=C/C(=O)O. The molecule has 0 saturated carbocycles. The Morgan fingerprint density at radius 2 is 2.27 bits per heavy atom. The smallest absolute Gasteiger partial charge is 0.328 e. The van der Waals surface area contributed by atoms with Gasteiger partial charge >= 0.3 is 5.97 Å². The molecule has 0 aliphatic carbocycles. The van der Waals surface area contributed by atoms with E-state index in [1.807, 2.05) is 19.9 Å². The van der Waals surface area contributed by atoms with Crippen molar-refractivity contribution in [2.45, 2.75) is 20.3 Å². The molecule has 0 radical (unpaired) electrons. The molecule has 0 spiro atoms. The first-order chi connectivity index (χ1) is 5.06. The van der Waals surface area contributed by atoms with Gasteiger partial charge in [-0.2, -0.15) is 0 Å². The highest BCUT2D eigenvalue weighted by Crippen LogP contribution is 2.10. The molecule has 0 amide bonds. The van der Waals surface area contributed by atoms with Crippen molar-refractivity contribution in [1.29, 1.82) is 0 Å². The highest BCUT2D eigenvalue weighted by atomic mass is 16.4. The molecule has 2 heteroatoms. The second-order valence-electron chi connectivity index (χ2n) is 2.75. The van der Waals surface area contributed by atoms with Gasteiger partial charge in [-0.1, -0.05) is 18.6 Å². The van der Waals surface area contributed by atoms with Gasteiger partial charge in [0.25, 0.3) is 0 Å². The molecule has 1 atom stereocenters. The minimum atomic E-state index is -0.876. The van der Waals surface area contributed by atoms with Crippen LogP contribution < -0.4 is 0 Å². The molecule has 2 nitrogen and oxygen atoms in total. The number of hydrogen-bond acceptors (Lipinski definition) is 1. The molecule has 0 aromatic carbocycles. The molecular formula is C9H14O2. The van der Waals surface area contributed by atoms with Gasteiger partial charge in [-0.05, 0) is 19.3 Å². The van der Waals surface area contributed by atoms with Crippen molar-refractivity contribution in [2.75, 3.05) is 0 Å². The van der Waals surface area contributed by atoms with E-state index in [0.717, 1.165) is 12.0 Å². The summed E-state index contributed by atoms with van der Waals surface area (Å²) < 4.78 is 0. The summed E-state index contributed by atoms with van der Waals surface area (Å²) in [6.45, 7) is 7.44. The molecular weight excluding hydrogens is 140 g/mol. The van der Waals surface area contributed by atoms with Gasteiger partial charge in [0.2, 0.25) is 0 Å². The lowest BCUT2D eigenvalue weighted by Crippen LogP contribution is -1.94. The average Bonchev–Trinajstić information content (AvgIpc) is 1.85. The summed E-state index contributed by atoms with van der Waals surface area (Å²) in [5.74, 6) is -0.524. The first kappa shape index (κ1) is 9.95. The largest absolute Gasteiger partial charge is 0.478 e. The van der Waals surface area contributed by atoms with E-state index in [2.05, 4.69) is 6.58 Å². The molecule has 0 aromatic heterocycles. The summed E-state index contributed by atoms with van der Waals surface area (Å²) in [5, 5.41) is 8.37. The van der Waals surface area contributed by atoms with Gasteiger partial charge in [-0.25, -0.2) is 4.79 Å². The van der Waals surface area contributed by atoms with E-state index in [1.54, 1.807) is 0 Å². The fraction of sp³-hybridized carbons (Fsp3) is 0.444. The highest BCUT2D eigenvalue weighted by Gasteiger charge is 1.98. The predicted octanol–water partition coefficient (Wildman–Crippen LogP) is 2.23. The summed E-state index contributed by atoms with van der Waals surface area (Å²) in [4.78, 5) is 10.2. The van der Waals surface area contributed by atoms with E-state index >= 15 is 0 Å². The number of aliphatic carboxylic acids is 1. The first-order valence-electron chi connectivity index (χ1n) is 3.59. The zero-order chi connectivity index (χ0) is 8.85. The van der Waals surface area contributed by atoms with Crippen molar-refractivity contribution in [3.8, 4) is 0 Å². The Kier molecular flexibility index (Phi) is 4.27. The van der Waals surface area contributed by atoms with Gasteiger partial charge < -0.3 is 5.11 Å². The van der Waals surface area contributed by atoms with Gasteiger partial charge in [0.05, 0.1) is 0 Å². The molecule has 1 N–H and O–H groups in total. The van der Waals surface area contributed by atoms with E-state index in [-0.39, 0.29) is 0 Å². The van der Waals surface area contributed by atoms with Crippen LogP contribution >= 0.6 is 0 Å². The van der Waals surface area contributed by atoms with E-state index < -0.39 is 5.97 Å². The van der Waals surface area contributed by atoms with Crippen LogP contribution in [0.15, 0.2) is 24.3 Å². The van der Waals surface area contributed by atoms with E-state index in [9.17, 15) is 4.79 Å². The van der Waals surface area contributed by atoms with Crippen molar-refractivity contribution in [1.82, 2.24) is 0 Å². The van der Waals surface area contributed by atoms with Gasteiger partial charge in [0.1, 0.15) is 0 Å². The molecule has 0 fully saturated rings. The summed E-state index contributed by atoms with van der Waals surface area (Å²) >= 11 is 0. The van der Waals surface area contributed by atoms with Gasteiger partial charge in [0.15, 0.2) is 0 Å². The quantitative estimate of drug-likeness (QED) is 0.498. The van der Waals surface area contributed by atoms with E-state index in [1.165, 1.54) is 6.08 Å². The van der Waals surface area contributed by atoms with Crippen molar-refractivity contribution >= 4 is 5.97 Å². The Labute approximate surface area is 67.2 Å². The maximum Gasteiger partial charge on any atom is 0.328 e. The molecule has 0 rings (SSSR count). The van der Waals surface area contributed by atoms with E-state index in [4.69, 9.17) is 5.11 Å². The van der Waals surface area contributed by atoms with E-state index in [0.29, 0.717) is 5.92 Å². The number of rotatable bonds is 4. The Morgan fingerprint density at radius 1 is 1.73 bits per heavy atom. The lowest BCUT2D eigenvalue weighted by molar-refractivity contribution is -0.131. The normalized spacial score (nSPS) is 14.2. The Hall–Kier alpha value is -1.05. The van der Waals surface area contributed by atoms with Gasteiger partial charge in [-0.15, -0.1) is 6.58 Å². The lowest BCUT2D eigenvalue weighted by Gasteiger charge is -2.03. The second-order valence-corrected chi connectivity index (χ2v) is 2.75. The number of carboxylic acid groups (broad SMARTS) is 1. The van der Waals surface area contributed by atoms with Crippen LogP contribution in [0.5, 0.6) is 0 Å². The summed E-state index contributed by atoms with van der Waals surface area (Å²) in [7, 11) is 0. The topological polar surface area (TPSA) is 37.3 Å².